The van der Waals surface area contributed by atoms with Gasteiger partial charge in [0, 0.05) is 70.2 Å². The number of carbonyl (C=O) groups is 1. The molecule has 4 fully saturated rings. The van der Waals surface area contributed by atoms with Gasteiger partial charge in [-0.2, -0.15) is 0 Å². The van der Waals surface area contributed by atoms with E-state index in [1.807, 2.05) is 6.08 Å². The van der Waals surface area contributed by atoms with Crippen LogP contribution in [0.15, 0.2) is 11.8 Å². The lowest BCUT2D eigenvalue weighted by Crippen LogP contribution is -2.68. The summed E-state index contributed by atoms with van der Waals surface area (Å²) in [4.78, 5) is 18.6. The van der Waals surface area contributed by atoms with Crippen LogP contribution in [0.5, 0.6) is 0 Å². The Morgan fingerprint density at radius 1 is 1.00 bits per heavy atom. The average Bonchev–Trinajstić information content (AvgIpc) is 3.46. The first-order valence-electron chi connectivity index (χ1n) is 15.3. The zero-order valence-corrected chi connectivity index (χ0v) is 23.3. The number of carbonyl (C=O) groups excluding carboxylic acids is 1. The molecule has 11 heteroatoms. The Hall–Kier alpha value is -1.37. The molecule has 222 valence electrons. The van der Waals surface area contributed by atoms with Crippen molar-refractivity contribution in [2.24, 2.45) is 11.7 Å². The van der Waals surface area contributed by atoms with Crippen molar-refractivity contribution in [2.45, 2.75) is 94.0 Å². The third-order valence-corrected chi connectivity index (χ3v) is 9.39. The maximum atomic E-state index is 15.5. The number of nitrogens with zero attached hydrogens (tertiary/aromatic N) is 2. The van der Waals surface area contributed by atoms with Gasteiger partial charge in [0.05, 0.1) is 24.9 Å². The van der Waals surface area contributed by atoms with Crippen molar-refractivity contribution in [3.8, 4) is 0 Å². The average molecular weight is 554 g/mol. The maximum Gasteiger partial charge on any atom is 0.232 e. The van der Waals surface area contributed by atoms with Crippen LogP contribution in [0.4, 0.5) is 8.78 Å². The highest BCUT2D eigenvalue weighted by Crippen LogP contribution is 2.24. The lowest BCUT2D eigenvalue weighted by Gasteiger charge is -2.47. The fourth-order valence-electron chi connectivity index (χ4n) is 7.14. The number of fused-ring (bicyclic) bond motifs is 4. The zero-order chi connectivity index (χ0) is 27.2. The summed E-state index contributed by atoms with van der Waals surface area (Å²) in [5.74, 6) is -0.925. The van der Waals surface area contributed by atoms with Gasteiger partial charge in [0.25, 0.3) is 0 Å². The standard InChI is InChI=1S/C28H49F2N7O2/c29-19-7-8-20-5-3-1-2-4-6-23(33-15-19)25(27(31)34-20)28(38)35-24-17-32-16-22(30)26(24)37-12-10-36(11-13-37)21-9-14-39-18-21/h6,19-22,24-27,32-34H,1-5,7-18,31H2,(H,35,38)/b23-6+. The lowest BCUT2D eigenvalue weighted by molar-refractivity contribution is -0.126. The van der Waals surface area contributed by atoms with Crippen molar-refractivity contribution >= 4 is 5.91 Å². The van der Waals surface area contributed by atoms with E-state index in [2.05, 4.69) is 31.1 Å². The second kappa shape index (κ2) is 14.0. The summed E-state index contributed by atoms with van der Waals surface area (Å²) in [5, 5.41) is 13.1. The minimum atomic E-state index is -1.08. The molecule has 0 aliphatic carbocycles. The molecular formula is C28H49F2N7O2. The smallest absolute Gasteiger partial charge is 0.232 e. The Labute approximate surface area is 232 Å². The highest BCUT2D eigenvalue weighted by Gasteiger charge is 2.42. The van der Waals surface area contributed by atoms with Crippen LogP contribution >= 0.6 is 0 Å². The van der Waals surface area contributed by atoms with Crippen LogP contribution < -0.4 is 27.0 Å². The van der Waals surface area contributed by atoms with E-state index < -0.39 is 30.5 Å². The monoisotopic (exact) mass is 553 g/mol. The summed E-state index contributed by atoms with van der Waals surface area (Å²) in [6, 6.07) is -0.245. The van der Waals surface area contributed by atoms with Crippen LogP contribution in [0.2, 0.25) is 0 Å². The molecule has 2 bridgehead atoms. The highest BCUT2D eigenvalue weighted by molar-refractivity contribution is 5.82. The third kappa shape index (κ3) is 7.48. The summed E-state index contributed by atoms with van der Waals surface area (Å²) in [6.45, 7) is 5.85. The number of allylic oxidation sites excluding steroid dienone is 1. The van der Waals surface area contributed by atoms with Crippen molar-refractivity contribution < 1.29 is 18.3 Å². The molecule has 5 aliphatic rings. The molecule has 0 radical (unpaired) electrons. The number of nitrogens with two attached hydrogens (primary N) is 1. The van der Waals surface area contributed by atoms with Gasteiger partial charge in [0.2, 0.25) is 5.91 Å². The van der Waals surface area contributed by atoms with Gasteiger partial charge in [-0.05, 0) is 38.5 Å². The van der Waals surface area contributed by atoms with Gasteiger partial charge in [-0.1, -0.05) is 18.9 Å². The minimum Gasteiger partial charge on any atom is -0.385 e. The normalized spacial score (nSPS) is 41.3. The molecule has 5 aliphatic heterocycles. The van der Waals surface area contributed by atoms with Crippen molar-refractivity contribution in [3.63, 3.8) is 0 Å². The van der Waals surface area contributed by atoms with Crippen molar-refractivity contribution in [3.05, 3.63) is 11.8 Å². The summed E-state index contributed by atoms with van der Waals surface area (Å²) in [6.07, 6.45) is 6.49. The van der Waals surface area contributed by atoms with Crippen LogP contribution in [0.25, 0.3) is 0 Å². The molecule has 0 saturated carbocycles. The second-order valence-electron chi connectivity index (χ2n) is 12.1. The molecule has 4 saturated heterocycles. The first kappa shape index (κ1) is 29.1. The molecule has 5 rings (SSSR count). The fraction of sp³-hybridized carbons (Fsp3) is 0.893. The quantitative estimate of drug-likeness (QED) is 0.345. The molecule has 8 atom stereocenters. The van der Waals surface area contributed by atoms with Gasteiger partial charge in [-0.3, -0.25) is 19.9 Å². The van der Waals surface area contributed by atoms with Crippen molar-refractivity contribution in [1.82, 2.24) is 31.1 Å². The number of rotatable bonds is 4. The van der Waals surface area contributed by atoms with Gasteiger partial charge in [0.15, 0.2) is 0 Å². The number of nitrogens with one attached hydrogen (secondary N) is 4. The molecule has 6 N–H and O–H groups in total. The predicted molar refractivity (Wildman–Crippen MR) is 148 cm³/mol. The highest BCUT2D eigenvalue weighted by atomic mass is 19.1. The molecule has 8 unspecified atom stereocenters. The van der Waals surface area contributed by atoms with Gasteiger partial charge in [-0.25, -0.2) is 8.78 Å². The molecule has 0 aromatic heterocycles. The Bertz CT molecular complexity index is 822. The predicted octanol–water partition coefficient (Wildman–Crippen LogP) is 0.616. The molecule has 0 aromatic rings. The molecular weight excluding hydrogens is 504 g/mol. The van der Waals surface area contributed by atoms with E-state index in [-0.39, 0.29) is 31.1 Å². The molecule has 0 spiro atoms. The minimum absolute atomic E-state index is 0.0758. The molecule has 1 amide bonds. The van der Waals surface area contributed by atoms with E-state index in [0.717, 1.165) is 77.9 Å². The van der Waals surface area contributed by atoms with E-state index in [4.69, 9.17) is 10.5 Å². The van der Waals surface area contributed by atoms with Gasteiger partial charge in [0.1, 0.15) is 18.3 Å². The van der Waals surface area contributed by atoms with Crippen LogP contribution in [0, 0.1) is 5.92 Å². The molecule has 39 heavy (non-hydrogen) atoms. The largest absolute Gasteiger partial charge is 0.385 e. The second-order valence-corrected chi connectivity index (χ2v) is 12.1. The number of ether oxygens (including phenoxy) is 1. The Kier molecular flexibility index (Phi) is 10.5. The number of amides is 1. The van der Waals surface area contributed by atoms with E-state index in [0.29, 0.717) is 31.1 Å². The summed E-state index contributed by atoms with van der Waals surface area (Å²) < 4.78 is 35.7. The van der Waals surface area contributed by atoms with Gasteiger partial charge >= 0.3 is 0 Å². The topological polar surface area (TPSA) is 107 Å². The van der Waals surface area contributed by atoms with Crippen molar-refractivity contribution in [2.75, 3.05) is 59.0 Å². The lowest BCUT2D eigenvalue weighted by atomic mass is 9.92. The van der Waals surface area contributed by atoms with Gasteiger partial charge in [-0.15, -0.1) is 0 Å². The van der Waals surface area contributed by atoms with Crippen LogP contribution in [0.1, 0.15) is 51.4 Å². The number of hydrogen-bond donors (Lipinski definition) is 5. The zero-order valence-electron chi connectivity index (χ0n) is 23.3. The Balaban J connectivity index is 1.30. The number of halogens is 2. The van der Waals surface area contributed by atoms with E-state index in [9.17, 15) is 9.18 Å². The van der Waals surface area contributed by atoms with Crippen molar-refractivity contribution in [1.29, 1.82) is 0 Å². The number of alkyl halides is 2. The Morgan fingerprint density at radius 2 is 1.82 bits per heavy atom. The summed E-state index contributed by atoms with van der Waals surface area (Å²) in [5.41, 5.74) is 7.37. The number of hydrogen-bond acceptors (Lipinski definition) is 8. The van der Waals surface area contributed by atoms with Crippen LogP contribution in [-0.2, 0) is 9.53 Å². The fourth-order valence-corrected chi connectivity index (χ4v) is 7.14. The molecule has 9 nitrogen and oxygen atoms in total. The SMILES string of the molecule is NC1NC2CCCCC/C=C(/NCC(F)CC2)C1C(=O)NC1CNCC(F)C1N1CCN(C2CCOC2)CC1. The van der Waals surface area contributed by atoms with Gasteiger partial charge < -0.3 is 26.4 Å². The van der Waals surface area contributed by atoms with E-state index >= 15 is 4.39 Å². The number of piperidine rings is 1. The van der Waals surface area contributed by atoms with E-state index in [1.165, 1.54) is 0 Å². The maximum absolute atomic E-state index is 15.5. The third-order valence-electron chi connectivity index (χ3n) is 9.39. The van der Waals surface area contributed by atoms with Crippen LogP contribution in [0.3, 0.4) is 0 Å². The summed E-state index contributed by atoms with van der Waals surface area (Å²) >= 11 is 0. The number of piperazine rings is 1. The first-order valence-corrected chi connectivity index (χ1v) is 15.3. The van der Waals surface area contributed by atoms with Crippen LogP contribution in [-0.4, -0.2) is 117 Å². The molecule has 0 aromatic carbocycles. The summed E-state index contributed by atoms with van der Waals surface area (Å²) in [7, 11) is 0. The van der Waals surface area contributed by atoms with E-state index in [1.54, 1.807) is 0 Å². The molecule has 5 heterocycles. The Morgan fingerprint density at radius 3 is 2.62 bits per heavy atom. The first-order chi connectivity index (χ1) is 19.0.